The normalized spacial score (nSPS) is 11.3. The lowest BCUT2D eigenvalue weighted by Crippen LogP contribution is -1.99. The lowest BCUT2D eigenvalue weighted by molar-refractivity contribution is 0.586. The summed E-state index contributed by atoms with van der Waals surface area (Å²) in [4.78, 5) is 8.55. The van der Waals surface area contributed by atoms with E-state index < -0.39 is 0 Å². The van der Waals surface area contributed by atoms with Gasteiger partial charge in [-0.3, -0.25) is 0 Å². The van der Waals surface area contributed by atoms with Crippen LogP contribution in [0.15, 0.2) is 22.9 Å². The Bertz CT molecular complexity index is 406. The Kier molecular flexibility index (Phi) is 2.00. The van der Waals surface area contributed by atoms with Crippen LogP contribution in [0.2, 0.25) is 0 Å². The van der Waals surface area contributed by atoms with Gasteiger partial charge in [-0.2, -0.15) is 4.98 Å². The fraction of sp³-hybridized carbons (Fsp3) is 0.400. The molecule has 0 saturated heterocycles. The molecule has 0 aliphatic carbocycles. The largest absolute Gasteiger partial charge is 0.446 e. The van der Waals surface area contributed by atoms with E-state index in [1.165, 1.54) is 0 Å². The Balaban J connectivity index is 2.37. The van der Waals surface area contributed by atoms with Crippen molar-refractivity contribution < 1.29 is 4.42 Å². The summed E-state index contributed by atoms with van der Waals surface area (Å²) in [6, 6.07) is 1.87. The molecule has 68 valence electrons. The molecule has 0 bridgehead atoms. The second-order valence-electron chi connectivity index (χ2n) is 3.57. The van der Waals surface area contributed by atoms with E-state index in [1.54, 1.807) is 6.26 Å². The SMILES string of the molecule is CC(C)Cc1ncc2ccoc2n1. The first-order valence-electron chi connectivity index (χ1n) is 4.45. The van der Waals surface area contributed by atoms with Crippen molar-refractivity contribution in [2.24, 2.45) is 5.92 Å². The third-order valence-electron chi connectivity index (χ3n) is 1.85. The molecule has 0 unspecified atom stereocenters. The first-order chi connectivity index (χ1) is 6.25. The molecule has 2 heterocycles. The van der Waals surface area contributed by atoms with Gasteiger partial charge in [0.15, 0.2) is 0 Å². The van der Waals surface area contributed by atoms with Crippen LogP contribution in [-0.2, 0) is 6.42 Å². The number of fused-ring (bicyclic) bond motifs is 1. The lowest BCUT2D eigenvalue weighted by atomic mass is 10.1. The molecule has 0 fully saturated rings. The molecule has 3 heteroatoms. The fourth-order valence-electron chi connectivity index (χ4n) is 1.25. The Morgan fingerprint density at radius 1 is 1.46 bits per heavy atom. The zero-order valence-corrected chi connectivity index (χ0v) is 7.82. The highest BCUT2D eigenvalue weighted by Crippen LogP contribution is 2.12. The molecule has 2 aromatic heterocycles. The first-order valence-corrected chi connectivity index (χ1v) is 4.45. The highest BCUT2D eigenvalue weighted by molar-refractivity contribution is 5.71. The average Bonchev–Trinajstić information content (AvgIpc) is 2.49. The van der Waals surface area contributed by atoms with Crippen molar-refractivity contribution >= 4 is 11.1 Å². The summed E-state index contributed by atoms with van der Waals surface area (Å²) in [5.74, 6) is 1.44. The van der Waals surface area contributed by atoms with Crippen LogP contribution in [0.5, 0.6) is 0 Å². The summed E-state index contributed by atoms with van der Waals surface area (Å²) < 4.78 is 5.19. The molecule has 0 aliphatic heterocycles. The number of rotatable bonds is 2. The quantitative estimate of drug-likeness (QED) is 0.705. The van der Waals surface area contributed by atoms with Crippen molar-refractivity contribution in [1.82, 2.24) is 9.97 Å². The van der Waals surface area contributed by atoms with Crippen LogP contribution in [0.1, 0.15) is 19.7 Å². The maximum absolute atomic E-state index is 5.19. The van der Waals surface area contributed by atoms with E-state index in [0.717, 1.165) is 17.6 Å². The van der Waals surface area contributed by atoms with E-state index in [4.69, 9.17) is 4.42 Å². The minimum absolute atomic E-state index is 0.576. The fourth-order valence-corrected chi connectivity index (χ4v) is 1.25. The zero-order chi connectivity index (χ0) is 9.26. The predicted octanol–water partition coefficient (Wildman–Crippen LogP) is 2.42. The van der Waals surface area contributed by atoms with Gasteiger partial charge in [-0.15, -0.1) is 0 Å². The van der Waals surface area contributed by atoms with Gasteiger partial charge in [0.1, 0.15) is 5.82 Å². The number of hydrogen-bond donors (Lipinski definition) is 0. The highest BCUT2D eigenvalue weighted by Gasteiger charge is 2.03. The topological polar surface area (TPSA) is 38.9 Å². The molecule has 0 atom stereocenters. The lowest BCUT2D eigenvalue weighted by Gasteiger charge is -2.01. The standard InChI is InChI=1S/C10H12N2O/c1-7(2)5-9-11-6-8-3-4-13-10(8)12-9/h3-4,6-7H,5H2,1-2H3. The van der Waals surface area contributed by atoms with Gasteiger partial charge in [-0.1, -0.05) is 13.8 Å². The summed E-state index contributed by atoms with van der Waals surface area (Å²) in [6.45, 7) is 4.30. The van der Waals surface area contributed by atoms with Crippen molar-refractivity contribution in [3.63, 3.8) is 0 Å². The maximum Gasteiger partial charge on any atom is 0.229 e. The van der Waals surface area contributed by atoms with E-state index in [0.29, 0.717) is 11.6 Å². The monoisotopic (exact) mass is 176 g/mol. The molecule has 0 amide bonds. The third-order valence-corrected chi connectivity index (χ3v) is 1.85. The van der Waals surface area contributed by atoms with Gasteiger partial charge in [0.05, 0.1) is 11.6 Å². The molecule has 0 aromatic carbocycles. The molecule has 0 N–H and O–H groups in total. The second-order valence-corrected chi connectivity index (χ2v) is 3.57. The maximum atomic E-state index is 5.19. The van der Waals surface area contributed by atoms with Crippen LogP contribution < -0.4 is 0 Å². The van der Waals surface area contributed by atoms with Crippen molar-refractivity contribution in [2.75, 3.05) is 0 Å². The molecule has 0 spiro atoms. The number of nitrogens with zero attached hydrogens (tertiary/aromatic N) is 2. The average molecular weight is 176 g/mol. The van der Waals surface area contributed by atoms with Gasteiger partial charge < -0.3 is 4.42 Å². The molecule has 13 heavy (non-hydrogen) atoms. The van der Waals surface area contributed by atoms with Crippen molar-refractivity contribution in [3.8, 4) is 0 Å². The predicted molar refractivity (Wildman–Crippen MR) is 50.3 cm³/mol. The van der Waals surface area contributed by atoms with Gasteiger partial charge in [0.25, 0.3) is 0 Å². The van der Waals surface area contributed by atoms with Crippen LogP contribution in [0.25, 0.3) is 11.1 Å². The van der Waals surface area contributed by atoms with Gasteiger partial charge in [-0.25, -0.2) is 4.98 Å². The van der Waals surface area contributed by atoms with Gasteiger partial charge >= 0.3 is 0 Å². The van der Waals surface area contributed by atoms with E-state index >= 15 is 0 Å². The van der Waals surface area contributed by atoms with Gasteiger partial charge in [-0.05, 0) is 12.0 Å². The van der Waals surface area contributed by atoms with E-state index in [-0.39, 0.29) is 0 Å². The van der Waals surface area contributed by atoms with Crippen molar-refractivity contribution in [1.29, 1.82) is 0 Å². The first kappa shape index (κ1) is 8.23. The molecular formula is C10H12N2O. The second kappa shape index (κ2) is 3.17. The Labute approximate surface area is 76.8 Å². The van der Waals surface area contributed by atoms with Crippen LogP contribution in [0, 0.1) is 5.92 Å². The van der Waals surface area contributed by atoms with Crippen LogP contribution >= 0.6 is 0 Å². The number of furan rings is 1. The minimum atomic E-state index is 0.576. The smallest absolute Gasteiger partial charge is 0.229 e. The molecule has 2 rings (SSSR count). The highest BCUT2D eigenvalue weighted by atomic mass is 16.3. The summed E-state index contributed by atoms with van der Waals surface area (Å²) >= 11 is 0. The van der Waals surface area contributed by atoms with Crippen LogP contribution in [0.4, 0.5) is 0 Å². The summed E-state index contributed by atoms with van der Waals surface area (Å²) in [6.07, 6.45) is 4.35. The van der Waals surface area contributed by atoms with E-state index in [9.17, 15) is 0 Å². The molecule has 0 aliphatic rings. The molecule has 0 radical (unpaired) electrons. The Morgan fingerprint density at radius 2 is 2.31 bits per heavy atom. The van der Waals surface area contributed by atoms with E-state index in [1.807, 2.05) is 12.3 Å². The number of hydrogen-bond acceptors (Lipinski definition) is 3. The van der Waals surface area contributed by atoms with Crippen molar-refractivity contribution in [2.45, 2.75) is 20.3 Å². The summed E-state index contributed by atoms with van der Waals surface area (Å²) in [7, 11) is 0. The van der Waals surface area contributed by atoms with Crippen molar-refractivity contribution in [3.05, 3.63) is 24.4 Å². The zero-order valence-electron chi connectivity index (χ0n) is 7.82. The number of aromatic nitrogens is 2. The van der Waals surface area contributed by atoms with Gasteiger partial charge in [0, 0.05) is 12.6 Å². The molecule has 2 aromatic rings. The van der Waals surface area contributed by atoms with Crippen LogP contribution in [0.3, 0.4) is 0 Å². The summed E-state index contributed by atoms with van der Waals surface area (Å²) in [5, 5.41) is 0.965. The summed E-state index contributed by atoms with van der Waals surface area (Å²) in [5.41, 5.74) is 0.686. The Hall–Kier alpha value is -1.38. The molecule has 0 saturated carbocycles. The van der Waals surface area contributed by atoms with Gasteiger partial charge in [0.2, 0.25) is 5.71 Å². The third kappa shape index (κ3) is 1.69. The molecular weight excluding hydrogens is 164 g/mol. The van der Waals surface area contributed by atoms with Crippen LogP contribution in [-0.4, -0.2) is 9.97 Å². The Morgan fingerprint density at radius 3 is 3.08 bits per heavy atom. The van der Waals surface area contributed by atoms with E-state index in [2.05, 4.69) is 23.8 Å². The molecule has 3 nitrogen and oxygen atoms in total. The minimum Gasteiger partial charge on any atom is -0.446 e.